The molecule has 0 unspecified atom stereocenters. The molecule has 0 fully saturated rings. The second-order valence-electron chi connectivity index (χ2n) is 11.3. The maximum absolute atomic E-state index is 2.41. The van der Waals surface area contributed by atoms with Crippen LogP contribution < -0.4 is 4.90 Å². The normalized spacial score (nSPS) is 11.6. The number of anilines is 3. The Labute approximate surface area is 259 Å². The minimum absolute atomic E-state index is 1.13. The van der Waals surface area contributed by atoms with Gasteiger partial charge < -0.3 is 4.90 Å². The molecule has 0 atom stereocenters. The highest BCUT2D eigenvalue weighted by atomic mass is 32.1. The molecule has 206 valence electrons. The van der Waals surface area contributed by atoms with Crippen molar-refractivity contribution in [2.24, 2.45) is 0 Å². The van der Waals surface area contributed by atoms with E-state index >= 15 is 0 Å². The van der Waals surface area contributed by atoms with Crippen LogP contribution in [0.2, 0.25) is 0 Å². The average Bonchev–Trinajstić information content (AvgIpc) is 3.48. The van der Waals surface area contributed by atoms with E-state index in [1.807, 2.05) is 11.3 Å². The fraction of sp³-hybridized carbons (Fsp3) is 0. The third kappa shape index (κ3) is 3.92. The summed E-state index contributed by atoms with van der Waals surface area (Å²) in [5.41, 5.74) is 5.96. The van der Waals surface area contributed by atoms with E-state index in [9.17, 15) is 0 Å². The van der Waals surface area contributed by atoms with Crippen LogP contribution in [0.3, 0.4) is 0 Å². The first kappa shape index (κ1) is 25.1. The SMILES string of the molecule is c1ccc(N(c2ccc(-c3cccc4c3sc3ccccc34)cc2)c2cc3c4ccccc4ccc3c3ccccc23)cc1. The number of nitrogens with zero attached hydrogens (tertiary/aromatic N) is 1. The smallest absolute Gasteiger partial charge is 0.0546 e. The van der Waals surface area contributed by atoms with Gasteiger partial charge in [-0.05, 0) is 74.5 Å². The molecular formula is C42H27NS. The minimum Gasteiger partial charge on any atom is -0.310 e. The van der Waals surface area contributed by atoms with E-state index in [1.165, 1.54) is 69.3 Å². The Kier molecular flexibility index (Phi) is 5.75. The molecule has 0 bridgehead atoms. The van der Waals surface area contributed by atoms with Gasteiger partial charge in [-0.15, -0.1) is 11.3 Å². The van der Waals surface area contributed by atoms with Gasteiger partial charge >= 0.3 is 0 Å². The second-order valence-corrected chi connectivity index (χ2v) is 12.4. The molecule has 0 saturated carbocycles. The number of hydrogen-bond acceptors (Lipinski definition) is 2. The summed E-state index contributed by atoms with van der Waals surface area (Å²) in [6.45, 7) is 0. The van der Waals surface area contributed by atoms with Crippen LogP contribution in [0.4, 0.5) is 17.1 Å². The molecule has 2 heteroatoms. The Balaban J connectivity index is 1.26. The zero-order valence-electron chi connectivity index (χ0n) is 23.9. The Hall–Kier alpha value is -5.44. The van der Waals surface area contributed by atoms with Crippen LogP contribution in [0.15, 0.2) is 164 Å². The molecule has 0 spiro atoms. The molecule has 0 saturated heterocycles. The molecule has 0 aliphatic carbocycles. The van der Waals surface area contributed by atoms with Gasteiger partial charge in [-0.3, -0.25) is 0 Å². The highest BCUT2D eigenvalue weighted by molar-refractivity contribution is 7.26. The van der Waals surface area contributed by atoms with Crippen LogP contribution in [0.25, 0.3) is 63.6 Å². The summed E-state index contributed by atoms with van der Waals surface area (Å²) in [5, 5.41) is 10.2. The van der Waals surface area contributed by atoms with Gasteiger partial charge in [-0.2, -0.15) is 0 Å². The second kappa shape index (κ2) is 10.1. The molecule has 9 rings (SSSR count). The number of thiophene rings is 1. The lowest BCUT2D eigenvalue weighted by atomic mass is 9.95. The van der Waals surface area contributed by atoms with E-state index in [0.29, 0.717) is 0 Å². The topological polar surface area (TPSA) is 3.24 Å². The highest BCUT2D eigenvalue weighted by Gasteiger charge is 2.18. The van der Waals surface area contributed by atoms with Gasteiger partial charge in [0, 0.05) is 36.9 Å². The summed E-state index contributed by atoms with van der Waals surface area (Å²) in [6, 6.07) is 59.7. The summed E-state index contributed by atoms with van der Waals surface area (Å²) >= 11 is 1.88. The van der Waals surface area contributed by atoms with Crippen LogP contribution in [0, 0.1) is 0 Å². The molecular weight excluding hydrogens is 551 g/mol. The van der Waals surface area contributed by atoms with E-state index in [4.69, 9.17) is 0 Å². The predicted molar refractivity (Wildman–Crippen MR) is 192 cm³/mol. The summed E-state index contributed by atoms with van der Waals surface area (Å²) in [7, 11) is 0. The number of para-hydroxylation sites is 1. The largest absolute Gasteiger partial charge is 0.310 e. The molecule has 44 heavy (non-hydrogen) atoms. The monoisotopic (exact) mass is 577 g/mol. The predicted octanol–water partition coefficient (Wildman–Crippen LogP) is 12.7. The van der Waals surface area contributed by atoms with Crippen molar-refractivity contribution in [2.45, 2.75) is 0 Å². The van der Waals surface area contributed by atoms with E-state index < -0.39 is 0 Å². The maximum atomic E-state index is 2.41. The van der Waals surface area contributed by atoms with Crippen LogP contribution in [-0.4, -0.2) is 0 Å². The Morgan fingerprint density at radius 3 is 1.86 bits per heavy atom. The van der Waals surface area contributed by atoms with E-state index in [0.717, 1.165) is 11.4 Å². The van der Waals surface area contributed by atoms with Crippen molar-refractivity contribution in [3.05, 3.63) is 164 Å². The number of fused-ring (bicyclic) bond motifs is 8. The van der Waals surface area contributed by atoms with Gasteiger partial charge in [-0.25, -0.2) is 0 Å². The first-order valence-corrected chi connectivity index (χ1v) is 15.8. The van der Waals surface area contributed by atoms with Crippen molar-refractivity contribution in [1.29, 1.82) is 0 Å². The van der Waals surface area contributed by atoms with Crippen molar-refractivity contribution in [1.82, 2.24) is 0 Å². The molecule has 0 radical (unpaired) electrons. The van der Waals surface area contributed by atoms with Crippen LogP contribution in [0.1, 0.15) is 0 Å². The van der Waals surface area contributed by atoms with Crippen molar-refractivity contribution in [3.63, 3.8) is 0 Å². The lowest BCUT2D eigenvalue weighted by molar-refractivity contribution is 1.30. The summed E-state index contributed by atoms with van der Waals surface area (Å²) in [5.74, 6) is 0. The van der Waals surface area contributed by atoms with Gasteiger partial charge in [0.2, 0.25) is 0 Å². The highest BCUT2D eigenvalue weighted by Crippen LogP contribution is 2.45. The lowest BCUT2D eigenvalue weighted by Crippen LogP contribution is -2.10. The fourth-order valence-electron chi connectivity index (χ4n) is 6.80. The number of hydrogen-bond donors (Lipinski definition) is 0. The summed E-state index contributed by atoms with van der Waals surface area (Å²) in [6.07, 6.45) is 0. The van der Waals surface area contributed by atoms with Crippen LogP contribution >= 0.6 is 11.3 Å². The zero-order chi connectivity index (χ0) is 29.0. The third-order valence-electron chi connectivity index (χ3n) is 8.84. The van der Waals surface area contributed by atoms with E-state index in [2.05, 4.69) is 169 Å². The van der Waals surface area contributed by atoms with Gasteiger partial charge in [0.1, 0.15) is 0 Å². The van der Waals surface area contributed by atoms with Crippen molar-refractivity contribution in [2.75, 3.05) is 4.90 Å². The van der Waals surface area contributed by atoms with Crippen molar-refractivity contribution >= 4 is 80.9 Å². The van der Waals surface area contributed by atoms with E-state index in [-0.39, 0.29) is 0 Å². The Morgan fingerprint density at radius 2 is 1.02 bits per heavy atom. The molecule has 1 aromatic heterocycles. The molecule has 8 aromatic carbocycles. The molecule has 0 aliphatic rings. The zero-order valence-corrected chi connectivity index (χ0v) is 24.8. The minimum atomic E-state index is 1.13. The quantitative estimate of drug-likeness (QED) is 0.188. The number of benzene rings is 8. The van der Waals surface area contributed by atoms with Gasteiger partial charge in [0.15, 0.2) is 0 Å². The molecule has 9 aromatic rings. The maximum Gasteiger partial charge on any atom is 0.0546 e. The van der Waals surface area contributed by atoms with E-state index in [1.54, 1.807) is 0 Å². The van der Waals surface area contributed by atoms with Crippen LogP contribution in [0.5, 0.6) is 0 Å². The first-order chi connectivity index (χ1) is 21.8. The fourth-order valence-corrected chi connectivity index (χ4v) is 8.03. The average molecular weight is 578 g/mol. The third-order valence-corrected chi connectivity index (χ3v) is 10.1. The molecule has 1 heterocycles. The van der Waals surface area contributed by atoms with Gasteiger partial charge in [0.25, 0.3) is 0 Å². The standard InChI is InChI=1S/C42H27NS/c1-2-12-30(13-3-1)43(40-27-39-32-14-5-4-11-28(32)23-26-35(39)34-15-6-7-16-36(34)40)31-24-21-29(22-25-31)33-18-10-19-38-37-17-8-9-20-41(37)44-42(33)38/h1-27H. The first-order valence-electron chi connectivity index (χ1n) is 15.0. The van der Waals surface area contributed by atoms with Gasteiger partial charge in [0.05, 0.1) is 5.69 Å². The van der Waals surface area contributed by atoms with Crippen LogP contribution in [-0.2, 0) is 0 Å². The lowest BCUT2D eigenvalue weighted by Gasteiger charge is -2.28. The summed E-state index contributed by atoms with van der Waals surface area (Å²) in [4.78, 5) is 2.41. The number of rotatable bonds is 4. The Bertz CT molecular complexity index is 2490. The van der Waals surface area contributed by atoms with Crippen molar-refractivity contribution < 1.29 is 0 Å². The van der Waals surface area contributed by atoms with Gasteiger partial charge in [-0.1, -0.05) is 127 Å². The molecule has 0 amide bonds. The molecule has 0 aliphatic heterocycles. The molecule has 0 N–H and O–H groups in total. The summed E-state index contributed by atoms with van der Waals surface area (Å²) < 4.78 is 2.67. The molecule has 1 nitrogen and oxygen atoms in total. The van der Waals surface area contributed by atoms with Crippen molar-refractivity contribution in [3.8, 4) is 11.1 Å². The Morgan fingerprint density at radius 1 is 0.386 bits per heavy atom.